The van der Waals surface area contributed by atoms with Crippen molar-refractivity contribution >= 4 is 35.6 Å². The summed E-state index contributed by atoms with van der Waals surface area (Å²) in [5.74, 6) is 1.98. The molecule has 1 aromatic rings. The number of halogens is 1. The van der Waals surface area contributed by atoms with Gasteiger partial charge in [-0.15, -0.1) is 24.0 Å². The van der Waals surface area contributed by atoms with Crippen molar-refractivity contribution < 1.29 is 4.74 Å². The number of hydrogen-bond acceptors (Lipinski definition) is 3. The van der Waals surface area contributed by atoms with Crippen LogP contribution in [0.15, 0.2) is 29.3 Å². The Morgan fingerprint density at radius 3 is 2.83 bits per heavy atom. The second kappa shape index (κ2) is 8.61. The lowest BCUT2D eigenvalue weighted by molar-refractivity contribution is 0.415. The minimum atomic E-state index is -0.0457. The zero-order chi connectivity index (χ0) is 16.2. The Hall–Kier alpha value is -1.18. The van der Waals surface area contributed by atoms with Crippen LogP contribution in [-0.2, 0) is 0 Å². The number of guanidine groups is 1. The van der Waals surface area contributed by atoms with E-state index in [0.717, 1.165) is 31.8 Å². The minimum absolute atomic E-state index is 0. The fourth-order valence-electron chi connectivity index (χ4n) is 2.67. The third-order valence-corrected chi connectivity index (χ3v) is 3.73. The maximum atomic E-state index is 5.93. The van der Waals surface area contributed by atoms with Crippen LogP contribution in [0, 0.1) is 5.92 Å². The second-order valence-electron chi connectivity index (χ2n) is 6.90. The number of nitrogens with zero attached hydrogens (tertiary/aromatic N) is 2. The average Bonchev–Trinajstić information content (AvgIpc) is 2.92. The highest BCUT2D eigenvalue weighted by molar-refractivity contribution is 14.0. The first kappa shape index (κ1) is 19.9. The Bertz CT molecular complexity index is 528. The molecule has 0 aliphatic carbocycles. The summed E-state index contributed by atoms with van der Waals surface area (Å²) in [4.78, 5) is 6.87. The van der Waals surface area contributed by atoms with Crippen molar-refractivity contribution in [3.8, 4) is 5.75 Å². The van der Waals surface area contributed by atoms with Crippen LogP contribution in [0.2, 0.25) is 0 Å². The number of benzene rings is 1. The fourth-order valence-corrected chi connectivity index (χ4v) is 2.67. The van der Waals surface area contributed by atoms with E-state index in [0.29, 0.717) is 11.9 Å². The summed E-state index contributed by atoms with van der Waals surface area (Å²) in [6.45, 7) is 9.08. The van der Waals surface area contributed by atoms with Crippen molar-refractivity contribution in [2.24, 2.45) is 16.6 Å². The van der Waals surface area contributed by atoms with Gasteiger partial charge in [0.05, 0.1) is 7.11 Å². The van der Waals surface area contributed by atoms with E-state index in [2.05, 4.69) is 48.1 Å². The molecule has 6 heteroatoms. The van der Waals surface area contributed by atoms with Crippen molar-refractivity contribution in [1.29, 1.82) is 0 Å². The van der Waals surface area contributed by atoms with E-state index >= 15 is 0 Å². The maximum absolute atomic E-state index is 5.93. The highest BCUT2D eigenvalue weighted by Crippen LogP contribution is 2.26. The number of rotatable bonds is 4. The molecule has 1 aliphatic rings. The molecular formula is C17H29IN4O. The van der Waals surface area contributed by atoms with Crippen molar-refractivity contribution in [1.82, 2.24) is 5.32 Å². The molecule has 1 fully saturated rings. The van der Waals surface area contributed by atoms with Crippen LogP contribution in [-0.4, -0.2) is 38.2 Å². The third-order valence-electron chi connectivity index (χ3n) is 3.73. The highest BCUT2D eigenvalue weighted by Gasteiger charge is 2.23. The van der Waals surface area contributed by atoms with E-state index in [1.54, 1.807) is 7.11 Å². The zero-order valence-corrected chi connectivity index (χ0v) is 16.8. The van der Waals surface area contributed by atoms with Gasteiger partial charge in [0.15, 0.2) is 5.96 Å². The molecule has 2 rings (SSSR count). The summed E-state index contributed by atoms with van der Waals surface area (Å²) in [5, 5.41) is 3.20. The van der Waals surface area contributed by atoms with Crippen molar-refractivity contribution in [2.45, 2.75) is 32.7 Å². The first-order valence-electron chi connectivity index (χ1n) is 7.84. The maximum Gasteiger partial charge on any atom is 0.188 e. The molecule has 0 bridgehead atoms. The lowest BCUT2D eigenvalue weighted by atomic mass is 10.1. The third kappa shape index (κ3) is 6.45. The smallest absolute Gasteiger partial charge is 0.188 e. The number of aliphatic imine (C=N–C) groups is 1. The molecule has 5 nitrogen and oxygen atoms in total. The Morgan fingerprint density at radius 2 is 2.17 bits per heavy atom. The van der Waals surface area contributed by atoms with Crippen molar-refractivity contribution in [3.63, 3.8) is 0 Å². The van der Waals surface area contributed by atoms with Crippen LogP contribution < -0.4 is 20.7 Å². The quantitative estimate of drug-likeness (QED) is 0.437. The van der Waals surface area contributed by atoms with Gasteiger partial charge in [-0.1, -0.05) is 6.07 Å². The second-order valence-corrected chi connectivity index (χ2v) is 6.90. The van der Waals surface area contributed by atoms with Gasteiger partial charge < -0.3 is 20.7 Å². The van der Waals surface area contributed by atoms with E-state index in [1.807, 2.05) is 12.1 Å². The highest BCUT2D eigenvalue weighted by atomic mass is 127. The Kier molecular flexibility index (Phi) is 7.44. The first-order valence-corrected chi connectivity index (χ1v) is 7.84. The summed E-state index contributed by atoms with van der Waals surface area (Å²) < 4.78 is 5.29. The molecule has 23 heavy (non-hydrogen) atoms. The number of methoxy groups -OCH3 is 1. The summed E-state index contributed by atoms with van der Waals surface area (Å²) in [5.41, 5.74) is 7.10. The zero-order valence-electron chi connectivity index (χ0n) is 14.5. The van der Waals surface area contributed by atoms with Gasteiger partial charge in [-0.25, -0.2) is 0 Å². The van der Waals surface area contributed by atoms with E-state index in [-0.39, 0.29) is 29.5 Å². The monoisotopic (exact) mass is 432 g/mol. The Balaban J connectivity index is 0.00000264. The number of nitrogens with two attached hydrogens (primary N) is 1. The summed E-state index contributed by atoms with van der Waals surface area (Å²) in [6, 6.07) is 8.22. The SMILES string of the molecule is COc1cccc(N2CCC(CN=C(N)NC(C)(C)C)C2)c1.I. The van der Waals surface area contributed by atoms with Crippen LogP contribution >= 0.6 is 24.0 Å². The predicted molar refractivity (Wildman–Crippen MR) is 108 cm³/mol. The molecule has 1 atom stereocenters. The van der Waals surface area contributed by atoms with Crippen LogP contribution in [0.5, 0.6) is 5.75 Å². The van der Waals surface area contributed by atoms with Crippen LogP contribution in [0.4, 0.5) is 5.69 Å². The summed E-state index contributed by atoms with van der Waals surface area (Å²) >= 11 is 0. The molecular weight excluding hydrogens is 403 g/mol. The molecule has 0 aromatic heterocycles. The van der Waals surface area contributed by atoms with E-state index in [4.69, 9.17) is 10.5 Å². The van der Waals surface area contributed by atoms with Crippen molar-refractivity contribution in [2.75, 3.05) is 31.6 Å². The molecule has 0 amide bonds. The molecule has 1 aromatic carbocycles. The van der Waals surface area contributed by atoms with Gasteiger partial charge >= 0.3 is 0 Å². The lowest BCUT2D eigenvalue weighted by Gasteiger charge is -2.21. The van der Waals surface area contributed by atoms with Gasteiger partial charge in [-0.2, -0.15) is 0 Å². The van der Waals surface area contributed by atoms with Crippen LogP contribution in [0.25, 0.3) is 0 Å². The van der Waals surface area contributed by atoms with E-state index < -0.39 is 0 Å². The summed E-state index contributed by atoms with van der Waals surface area (Å²) in [7, 11) is 1.70. The molecule has 1 heterocycles. The largest absolute Gasteiger partial charge is 0.497 e. The lowest BCUT2D eigenvalue weighted by Crippen LogP contribution is -2.45. The fraction of sp³-hybridized carbons (Fsp3) is 0.588. The molecule has 1 saturated heterocycles. The van der Waals surface area contributed by atoms with Gasteiger partial charge in [0.2, 0.25) is 0 Å². The summed E-state index contributed by atoms with van der Waals surface area (Å²) in [6.07, 6.45) is 1.14. The standard InChI is InChI=1S/C17H28N4O.HI/c1-17(2,3)20-16(18)19-11-13-8-9-21(12-13)14-6-5-7-15(10-14)22-4;/h5-7,10,13H,8-9,11-12H2,1-4H3,(H3,18,19,20);1H. The molecule has 0 saturated carbocycles. The topological polar surface area (TPSA) is 62.9 Å². The number of ether oxygens (including phenoxy) is 1. The molecule has 3 N–H and O–H groups in total. The number of hydrogen-bond donors (Lipinski definition) is 2. The van der Waals surface area contributed by atoms with Crippen molar-refractivity contribution in [3.05, 3.63) is 24.3 Å². The molecule has 1 unspecified atom stereocenters. The molecule has 0 spiro atoms. The van der Waals surface area contributed by atoms with Crippen LogP contribution in [0.1, 0.15) is 27.2 Å². The van der Waals surface area contributed by atoms with E-state index in [1.165, 1.54) is 5.69 Å². The van der Waals surface area contributed by atoms with E-state index in [9.17, 15) is 0 Å². The minimum Gasteiger partial charge on any atom is -0.497 e. The predicted octanol–water partition coefficient (Wildman–Crippen LogP) is 2.84. The molecule has 130 valence electrons. The van der Waals surface area contributed by atoms with Gasteiger partial charge in [-0.3, -0.25) is 4.99 Å². The molecule has 0 radical (unpaired) electrons. The normalized spacial score (nSPS) is 18.5. The van der Waals surface area contributed by atoms with Gasteiger partial charge in [0, 0.05) is 36.9 Å². The Labute approximate surface area is 156 Å². The Morgan fingerprint density at radius 1 is 1.43 bits per heavy atom. The number of anilines is 1. The van der Waals surface area contributed by atoms with Gasteiger partial charge in [-0.05, 0) is 45.2 Å². The molecule has 1 aliphatic heterocycles. The van der Waals surface area contributed by atoms with Gasteiger partial charge in [0.1, 0.15) is 5.75 Å². The van der Waals surface area contributed by atoms with Crippen LogP contribution in [0.3, 0.4) is 0 Å². The first-order chi connectivity index (χ1) is 10.4. The average molecular weight is 432 g/mol. The number of nitrogens with one attached hydrogen (secondary N) is 1. The van der Waals surface area contributed by atoms with Gasteiger partial charge in [0.25, 0.3) is 0 Å².